The van der Waals surface area contributed by atoms with Gasteiger partial charge in [0.25, 0.3) is 5.91 Å². The number of halogens is 1. The summed E-state index contributed by atoms with van der Waals surface area (Å²) in [5.74, 6) is -0.271. The molecule has 2 amide bonds. The Morgan fingerprint density at radius 3 is 2.67 bits per heavy atom. The highest BCUT2D eigenvalue weighted by molar-refractivity contribution is 6.35. The molecule has 3 aromatic rings. The van der Waals surface area contributed by atoms with Gasteiger partial charge in [0.15, 0.2) is 0 Å². The summed E-state index contributed by atoms with van der Waals surface area (Å²) in [4.78, 5) is 38.1. The number of nitrogens with one attached hydrogen (secondary N) is 1. The van der Waals surface area contributed by atoms with Crippen molar-refractivity contribution in [2.24, 2.45) is 0 Å². The third-order valence-corrected chi connectivity index (χ3v) is 8.62. The predicted octanol–water partition coefficient (Wildman–Crippen LogP) is 4.62. The highest BCUT2D eigenvalue weighted by Crippen LogP contribution is 2.38. The van der Waals surface area contributed by atoms with E-state index in [1.54, 1.807) is 16.0 Å². The molecule has 2 aromatic heterocycles. The van der Waals surface area contributed by atoms with Gasteiger partial charge < -0.3 is 29.2 Å². The number of morpholine rings is 1. The fourth-order valence-corrected chi connectivity index (χ4v) is 6.28. The number of pyridine rings is 1. The highest BCUT2D eigenvalue weighted by atomic mass is 35.5. The Morgan fingerprint density at radius 2 is 1.90 bits per heavy atom. The predicted molar refractivity (Wildman–Crippen MR) is 157 cm³/mol. The van der Waals surface area contributed by atoms with Crippen LogP contribution in [0.15, 0.2) is 30.6 Å². The maximum atomic E-state index is 13.6. The molecule has 3 aliphatic heterocycles. The van der Waals surface area contributed by atoms with Crippen LogP contribution in [0.3, 0.4) is 0 Å². The first-order valence-corrected chi connectivity index (χ1v) is 14.9. The first-order valence-electron chi connectivity index (χ1n) is 14.5. The number of hydrogen-bond donors (Lipinski definition) is 2. The van der Waals surface area contributed by atoms with Crippen molar-refractivity contribution in [3.63, 3.8) is 0 Å². The van der Waals surface area contributed by atoms with E-state index < -0.39 is 23.3 Å². The molecule has 2 saturated heterocycles. The number of amides is 2. The Kier molecular flexibility index (Phi) is 7.67. The lowest BCUT2D eigenvalue weighted by Crippen LogP contribution is -2.53. The molecule has 11 heteroatoms. The molecule has 2 N–H and O–H groups in total. The fourth-order valence-electron chi connectivity index (χ4n) is 6.08. The molecule has 6 rings (SSSR count). The first-order chi connectivity index (χ1) is 20.0. The van der Waals surface area contributed by atoms with E-state index in [0.717, 1.165) is 33.2 Å². The Bertz CT molecular complexity index is 1510. The average molecular weight is 597 g/mol. The molecule has 42 heavy (non-hydrogen) atoms. The molecule has 0 spiro atoms. The van der Waals surface area contributed by atoms with Crippen LogP contribution in [-0.2, 0) is 32.0 Å². The number of carbonyl (C=O) groups excluding carboxylic acids is 2. The van der Waals surface area contributed by atoms with Gasteiger partial charge in [0, 0.05) is 69.0 Å². The Balaban J connectivity index is 1.42. The molecular formula is C31H37ClN4O6. The third kappa shape index (κ3) is 5.60. The number of ether oxygens (including phenoxy) is 3. The lowest BCUT2D eigenvalue weighted by Gasteiger charge is -2.41. The normalized spacial score (nSPS) is 20.8. The van der Waals surface area contributed by atoms with E-state index in [0.29, 0.717) is 63.2 Å². The molecule has 224 valence electrons. The molecule has 0 radical (unpaired) electrons. The molecule has 0 unspecified atom stereocenters. The SMILES string of the molecule is CC(C)(C)OC(=O)N1CCOC[C@H]1c1cc(-c2cnc3[nH]cc(Cl)c3c2)cc2c1CN(C(=O)C1(O)CCOCC1)CC2. The van der Waals surface area contributed by atoms with Crippen molar-refractivity contribution in [3.05, 3.63) is 52.3 Å². The summed E-state index contributed by atoms with van der Waals surface area (Å²) in [6.07, 6.45) is 4.29. The molecule has 3 aliphatic rings. The average Bonchev–Trinajstić information content (AvgIpc) is 3.35. The zero-order valence-corrected chi connectivity index (χ0v) is 25.0. The van der Waals surface area contributed by atoms with Crippen LogP contribution < -0.4 is 0 Å². The zero-order valence-electron chi connectivity index (χ0n) is 24.2. The van der Waals surface area contributed by atoms with Gasteiger partial charge in [0.05, 0.1) is 24.3 Å². The van der Waals surface area contributed by atoms with Crippen molar-refractivity contribution in [1.29, 1.82) is 0 Å². The van der Waals surface area contributed by atoms with E-state index in [2.05, 4.69) is 22.1 Å². The van der Waals surface area contributed by atoms with Gasteiger partial charge in [-0.2, -0.15) is 0 Å². The van der Waals surface area contributed by atoms with E-state index in [9.17, 15) is 14.7 Å². The second-order valence-corrected chi connectivity index (χ2v) is 12.8. The van der Waals surface area contributed by atoms with E-state index in [1.807, 2.05) is 33.0 Å². The van der Waals surface area contributed by atoms with Gasteiger partial charge in [-0.05, 0) is 61.6 Å². The van der Waals surface area contributed by atoms with Crippen LogP contribution in [0, 0.1) is 0 Å². The third-order valence-electron chi connectivity index (χ3n) is 8.31. The lowest BCUT2D eigenvalue weighted by atomic mass is 9.85. The highest BCUT2D eigenvalue weighted by Gasteiger charge is 2.42. The zero-order chi connectivity index (χ0) is 29.6. The number of carbonyl (C=O) groups is 2. The monoisotopic (exact) mass is 596 g/mol. The molecule has 2 fully saturated rings. The van der Waals surface area contributed by atoms with Crippen LogP contribution in [0.2, 0.25) is 5.02 Å². The van der Waals surface area contributed by atoms with Crippen LogP contribution in [-0.4, -0.2) is 87.6 Å². The van der Waals surface area contributed by atoms with Crippen LogP contribution in [0.4, 0.5) is 4.79 Å². The van der Waals surface area contributed by atoms with Crippen LogP contribution in [0.1, 0.15) is 56.3 Å². The quantitative estimate of drug-likeness (QED) is 0.453. The van der Waals surface area contributed by atoms with Gasteiger partial charge in [-0.15, -0.1) is 0 Å². The van der Waals surface area contributed by atoms with Gasteiger partial charge in [0.2, 0.25) is 0 Å². The second kappa shape index (κ2) is 11.1. The minimum atomic E-state index is -1.43. The minimum absolute atomic E-state index is 0.271. The van der Waals surface area contributed by atoms with E-state index >= 15 is 0 Å². The fraction of sp³-hybridized carbons (Fsp3) is 0.516. The molecule has 10 nitrogen and oxygen atoms in total. The number of rotatable bonds is 3. The summed E-state index contributed by atoms with van der Waals surface area (Å²) in [5, 5.41) is 12.6. The van der Waals surface area contributed by atoms with Crippen molar-refractivity contribution >= 4 is 34.6 Å². The number of aromatic nitrogens is 2. The lowest BCUT2D eigenvalue weighted by molar-refractivity contribution is -0.161. The summed E-state index contributed by atoms with van der Waals surface area (Å²) in [6, 6.07) is 5.79. The summed E-state index contributed by atoms with van der Waals surface area (Å²) in [6.45, 7) is 8.16. The summed E-state index contributed by atoms with van der Waals surface area (Å²) >= 11 is 6.42. The first kappa shape index (κ1) is 28.9. The number of benzene rings is 1. The van der Waals surface area contributed by atoms with Gasteiger partial charge in [-0.3, -0.25) is 9.69 Å². The molecule has 5 heterocycles. The number of fused-ring (bicyclic) bond motifs is 2. The Labute approximate surface area is 249 Å². The Hall–Kier alpha value is -3.18. The van der Waals surface area contributed by atoms with Crippen molar-refractivity contribution in [2.75, 3.05) is 39.5 Å². The Morgan fingerprint density at radius 1 is 1.12 bits per heavy atom. The van der Waals surface area contributed by atoms with Crippen LogP contribution >= 0.6 is 11.6 Å². The van der Waals surface area contributed by atoms with E-state index in [4.69, 9.17) is 25.8 Å². The number of aliphatic hydroxyl groups is 1. The van der Waals surface area contributed by atoms with Gasteiger partial charge in [-0.1, -0.05) is 17.7 Å². The smallest absolute Gasteiger partial charge is 0.410 e. The molecular weight excluding hydrogens is 560 g/mol. The molecule has 0 saturated carbocycles. The van der Waals surface area contributed by atoms with Crippen LogP contribution in [0.25, 0.3) is 22.2 Å². The summed E-state index contributed by atoms with van der Waals surface area (Å²) in [7, 11) is 0. The number of aromatic amines is 1. The van der Waals surface area contributed by atoms with Gasteiger partial charge in [-0.25, -0.2) is 9.78 Å². The summed E-state index contributed by atoms with van der Waals surface area (Å²) in [5.41, 5.74) is 3.40. The standard InChI is InChI=1S/C31H37ClN4O6/c1-30(2,3)42-29(38)36-8-11-41-18-26(36)22-13-20(21-14-23-25(32)16-34-27(23)33-15-21)12-19-4-7-35(17-24(19)22)28(37)31(39)5-9-40-10-6-31/h12-16,26,39H,4-11,17-18H2,1-3H3,(H,33,34)/t26-/m0/s1. The van der Waals surface area contributed by atoms with Crippen molar-refractivity contribution in [1.82, 2.24) is 19.8 Å². The summed E-state index contributed by atoms with van der Waals surface area (Å²) < 4.78 is 17.1. The van der Waals surface area contributed by atoms with Crippen molar-refractivity contribution < 1.29 is 28.9 Å². The number of hydrogen-bond acceptors (Lipinski definition) is 7. The maximum absolute atomic E-state index is 13.6. The second-order valence-electron chi connectivity index (χ2n) is 12.3. The molecule has 1 atom stereocenters. The number of nitrogens with zero attached hydrogens (tertiary/aromatic N) is 3. The molecule has 0 bridgehead atoms. The van der Waals surface area contributed by atoms with Crippen molar-refractivity contribution in [2.45, 2.75) is 63.8 Å². The van der Waals surface area contributed by atoms with Gasteiger partial charge >= 0.3 is 6.09 Å². The van der Waals surface area contributed by atoms with E-state index in [1.165, 1.54) is 0 Å². The molecule has 1 aromatic carbocycles. The largest absolute Gasteiger partial charge is 0.444 e. The van der Waals surface area contributed by atoms with Crippen LogP contribution in [0.5, 0.6) is 0 Å². The minimum Gasteiger partial charge on any atom is -0.444 e. The van der Waals surface area contributed by atoms with E-state index in [-0.39, 0.29) is 18.7 Å². The molecule has 0 aliphatic carbocycles. The van der Waals surface area contributed by atoms with Gasteiger partial charge in [0.1, 0.15) is 16.8 Å². The topological polar surface area (TPSA) is 117 Å². The maximum Gasteiger partial charge on any atom is 0.410 e. The number of H-pyrrole nitrogens is 1. The van der Waals surface area contributed by atoms with Crippen molar-refractivity contribution in [3.8, 4) is 11.1 Å².